The van der Waals surface area contributed by atoms with Crippen molar-refractivity contribution in [3.8, 4) is 0 Å². The summed E-state index contributed by atoms with van der Waals surface area (Å²) in [6.45, 7) is 4.42. The van der Waals surface area contributed by atoms with Gasteiger partial charge in [-0.3, -0.25) is 4.98 Å². The normalized spacial score (nSPS) is 18.7. The van der Waals surface area contributed by atoms with E-state index in [2.05, 4.69) is 24.8 Å². The van der Waals surface area contributed by atoms with E-state index >= 15 is 0 Å². The average molecular weight is 285 g/mol. The minimum Gasteiger partial charge on any atom is -0.375 e. The van der Waals surface area contributed by atoms with Gasteiger partial charge in [-0.25, -0.2) is 15.0 Å². The Morgan fingerprint density at radius 3 is 3.05 bits per heavy atom. The van der Waals surface area contributed by atoms with Crippen LogP contribution in [-0.2, 0) is 11.2 Å². The Morgan fingerprint density at radius 1 is 1.29 bits per heavy atom. The first-order chi connectivity index (χ1) is 10.3. The SMILES string of the molecule is Cc1cc(CCC2CN(c3cnccn3)CCO2)ncn1. The van der Waals surface area contributed by atoms with Crippen molar-refractivity contribution in [1.82, 2.24) is 19.9 Å². The molecule has 1 aliphatic heterocycles. The van der Waals surface area contributed by atoms with Crippen LogP contribution in [0.4, 0.5) is 5.82 Å². The molecule has 21 heavy (non-hydrogen) atoms. The van der Waals surface area contributed by atoms with Crippen LogP contribution < -0.4 is 4.90 Å². The van der Waals surface area contributed by atoms with Gasteiger partial charge in [0.1, 0.15) is 12.1 Å². The molecule has 1 fully saturated rings. The summed E-state index contributed by atoms with van der Waals surface area (Å²) < 4.78 is 5.85. The predicted octanol–water partition coefficient (Wildman–Crippen LogP) is 1.41. The second-order valence-corrected chi connectivity index (χ2v) is 5.19. The van der Waals surface area contributed by atoms with Crippen LogP contribution in [0.25, 0.3) is 0 Å². The topological polar surface area (TPSA) is 64.0 Å². The zero-order valence-electron chi connectivity index (χ0n) is 12.1. The number of aromatic nitrogens is 4. The van der Waals surface area contributed by atoms with Crippen LogP contribution in [0.15, 0.2) is 31.0 Å². The zero-order chi connectivity index (χ0) is 14.5. The van der Waals surface area contributed by atoms with Gasteiger partial charge in [0.25, 0.3) is 0 Å². The molecule has 0 aromatic carbocycles. The van der Waals surface area contributed by atoms with Gasteiger partial charge in [-0.2, -0.15) is 0 Å². The Bertz CT molecular complexity index is 577. The molecule has 1 saturated heterocycles. The summed E-state index contributed by atoms with van der Waals surface area (Å²) >= 11 is 0. The van der Waals surface area contributed by atoms with Crippen LogP contribution in [0.3, 0.4) is 0 Å². The number of aryl methyl sites for hydroxylation is 2. The lowest BCUT2D eigenvalue weighted by Gasteiger charge is -2.33. The molecule has 3 rings (SSSR count). The molecule has 6 heteroatoms. The number of hydrogen-bond donors (Lipinski definition) is 0. The van der Waals surface area contributed by atoms with Crippen molar-refractivity contribution in [2.45, 2.75) is 25.9 Å². The fraction of sp³-hybridized carbons (Fsp3) is 0.467. The molecule has 1 unspecified atom stereocenters. The Kier molecular flexibility index (Phi) is 4.35. The van der Waals surface area contributed by atoms with Crippen LogP contribution in [0, 0.1) is 6.92 Å². The summed E-state index contributed by atoms with van der Waals surface area (Å²) in [4.78, 5) is 19.1. The van der Waals surface area contributed by atoms with E-state index in [0.717, 1.165) is 49.7 Å². The highest BCUT2D eigenvalue weighted by Crippen LogP contribution is 2.16. The summed E-state index contributed by atoms with van der Waals surface area (Å²) in [6.07, 6.45) is 8.91. The standard InChI is InChI=1S/C15H19N5O/c1-12-8-13(19-11-18-12)2-3-14-10-20(6-7-21-14)15-9-16-4-5-17-15/h4-5,8-9,11,14H,2-3,6-7,10H2,1H3. The van der Waals surface area contributed by atoms with Gasteiger partial charge in [-0.15, -0.1) is 0 Å². The van der Waals surface area contributed by atoms with Crippen LogP contribution >= 0.6 is 0 Å². The van der Waals surface area contributed by atoms with Gasteiger partial charge in [-0.05, 0) is 25.8 Å². The van der Waals surface area contributed by atoms with Gasteiger partial charge in [0.05, 0.1) is 18.9 Å². The smallest absolute Gasteiger partial charge is 0.147 e. The first-order valence-electron chi connectivity index (χ1n) is 7.21. The maximum Gasteiger partial charge on any atom is 0.147 e. The molecule has 0 bridgehead atoms. The Hall–Kier alpha value is -2.08. The van der Waals surface area contributed by atoms with Crippen molar-refractivity contribution < 1.29 is 4.74 Å². The lowest BCUT2D eigenvalue weighted by Crippen LogP contribution is -2.43. The molecular formula is C15H19N5O. The van der Waals surface area contributed by atoms with Crippen molar-refractivity contribution >= 4 is 5.82 Å². The molecule has 0 saturated carbocycles. The first kappa shape index (κ1) is 13.9. The monoisotopic (exact) mass is 285 g/mol. The van der Waals surface area contributed by atoms with Gasteiger partial charge >= 0.3 is 0 Å². The Morgan fingerprint density at radius 2 is 2.24 bits per heavy atom. The molecular weight excluding hydrogens is 266 g/mol. The summed E-state index contributed by atoms with van der Waals surface area (Å²) in [5.41, 5.74) is 2.08. The summed E-state index contributed by atoms with van der Waals surface area (Å²) in [6, 6.07) is 2.03. The van der Waals surface area contributed by atoms with E-state index in [1.807, 2.05) is 13.0 Å². The highest BCUT2D eigenvalue weighted by molar-refractivity contribution is 5.35. The number of rotatable bonds is 4. The average Bonchev–Trinajstić information content (AvgIpc) is 2.54. The number of hydrogen-bond acceptors (Lipinski definition) is 6. The summed E-state index contributed by atoms with van der Waals surface area (Å²) in [5, 5.41) is 0. The third-order valence-electron chi connectivity index (χ3n) is 3.60. The highest BCUT2D eigenvalue weighted by atomic mass is 16.5. The first-order valence-corrected chi connectivity index (χ1v) is 7.21. The van der Waals surface area contributed by atoms with Crippen LogP contribution in [0.5, 0.6) is 0 Å². The maximum absolute atomic E-state index is 5.85. The van der Waals surface area contributed by atoms with Crippen LogP contribution in [-0.4, -0.2) is 45.7 Å². The molecule has 0 radical (unpaired) electrons. The highest BCUT2D eigenvalue weighted by Gasteiger charge is 2.21. The predicted molar refractivity (Wildman–Crippen MR) is 79.1 cm³/mol. The molecule has 3 heterocycles. The quantitative estimate of drug-likeness (QED) is 0.846. The van der Waals surface area contributed by atoms with E-state index in [1.54, 1.807) is 24.9 Å². The molecule has 6 nitrogen and oxygen atoms in total. The second kappa shape index (κ2) is 6.58. The molecule has 0 amide bonds. The molecule has 2 aromatic rings. The third-order valence-corrected chi connectivity index (χ3v) is 3.60. The minimum absolute atomic E-state index is 0.205. The Balaban J connectivity index is 1.57. The molecule has 110 valence electrons. The van der Waals surface area contributed by atoms with E-state index in [-0.39, 0.29) is 6.10 Å². The van der Waals surface area contributed by atoms with E-state index in [0.29, 0.717) is 0 Å². The molecule has 0 spiro atoms. The van der Waals surface area contributed by atoms with Crippen molar-refractivity contribution in [3.63, 3.8) is 0 Å². The second-order valence-electron chi connectivity index (χ2n) is 5.19. The minimum atomic E-state index is 0.205. The lowest BCUT2D eigenvalue weighted by molar-refractivity contribution is 0.0350. The number of ether oxygens (including phenoxy) is 1. The van der Waals surface area contributed by atoms with Gasteiger partial charge in [0, 0.05) is 36.9 Å². The zero-order valence-corrected chi connectivity index (χ0v) is 12.1. The maximum atomic E-state index is 5.85. The van der Waals surface area contributed by atoms with E-state index in [1.165, 1.54) is 0 Å². The van der Waals surface area contributed by atoms with Crippen molar-refractivity contribution in [2.75, 3.05) is 24.6 Å². The van der Waals surface area contributed by atoms with Crippen molar-refractivity contribution in [2.24, 2.45) is 0 Å². The van der Waals surface area contributed by atoms with Gasteiger partial charge in [0.15, 0.2) is 0 Å². The van der Waals surface area contributed by atoms with E-state index in [9.17, 15) is 0 Å². The molecule has 1 aliphatic rings. The summed E-state index contributed by atoms with van der Waals surface area (Å²) in [7, 11) is 0. The largest absolute Gasteiger partial charge is 0.375 e. The Labute approximate surface area is 124 Å². The van der Waals surface area contributed by atoms with Gasteiger partial charge in [-0.1, -0.05) is 0 Å². The molecule has 0 N–H and O–H groups in total. The van der Waals surface area contributed by atoms with Crippen molar-refractivity contribution in [1.29, 1.82) is 0 Å². The van der Waals surface area contributed by atoms with Gasteiger partial charge < -0.3 is 9.64 Å². The number of anilines is 1. The number of morpholine rings is 1. The van der Waals surface area contributed by atoms with Crippen molar-refractivity contribution in [3.05, 3.63) is 42.4 Å². The summed E-state index contributed by atoms with van der Waals surface area (Å²) in [5.74, 6) is 0.920. The third kappa shape index (κ3) is 3.72. The van der Waals surface area contributed by atoms with E-state index in [4.69, 9.17) is 4.74 Å². The fourth-order valence-electron chi connectivity index (χ4n) is 2.51. The van der Waals surface area contributed by atoms with Crippen LogP contribution in [0.2, 0.25) is 0 Å². The lowest BCUT2D eigenvalue weighted by atomic mass is 10.1. The fourth-order valence-corrected chi connectivity index (χ4v) is 2.51. The van der Waals surface area contributed by atoms with Gasteiger partial charge in [0.2, 0.25) is 0 Å². The van der Waals surface area contributed by atoms with Crippen LogP contribution in [0.1, 0.15) is 17.8 Å². The van der Waals surface area contributed by atoms with E-state index < -0.39 is 0 Å². The molecule has 0 aliphatic carbocycles. The number of nitrogens with zero attached hydrogens (tertiary/aromatic N) is 5. The molecule has 1 atom stereocenters. The molecule has 2 aromatic heterocycles.